The van der Waals surface area contributed by atoms with Crippen LogP contribution in [0, 0.1) is 0 Å². The van der Waals surface area contributed by atoms with Crippen LogP contribution >= 0.6 is 24.0 Å². The van der Waals surface area contributed by atoms with Gasteiger partial charge in [0, 0.05) is 37.2 Å². The quantitative estimate of drug-likeness (QED) is 0.852. The first-order chi connectivity index (χ1) is 7.83. The van der Waals surface area contributed by atoms with Gasteiger partial charge in [-0.05, 0) is 11.6 Å². The van der Waals surface area contributed by atoms with Crippen molar-refractivity contribution in [1.29, 1.82) is 0 Å². The molecule has 1 aromatic rings. The highest BCUT2D eigenvalue weighted by atomic mass is 35.5. The van der Waals surface area contributed by atoms with E-state index in [-0.39, 0.29) is 12.4 Å². The monoisotopic (exact) mass is 272 g/mol. The van der Waals surface area contributed by atoms with Gasteiger partial charge >= 0.3 is 0 Å². The van der Waals surface area contributed by atoms with E-state index >= 15 is 0 Å². The van der Waals surface area contributed by atoms with Crippen molar-refractivity contribution in [2.75, 3.05) is 26.2 Å². The second-order valence-electron chi connectivity index (χ2n) is 4.03. The van der Waals surface area contributed by atoms with Crippen LogP contribution in [0.25, 0.3) is 0 Å². The SMILES string of the molecule is C=CCN1CCNCC1c1ccccc1Cl.Cl. The molecule has 1 N–H and O–H groups in total. The maximum atomic E-state index is 6.24. The van der Waals surface area contributed by atoms with E-state index in [2.05, 4.69) is 22.9 Å². The van der Waals surface area contributed by atoms with Crippen molar-refractivity contribution < 1.29 is 0 Å². The fourth-order valence-corrected chi connectivity index (χ4v) is 2.44. The van der Waals surface area contributed by atoms with Crippen LogP contribution in [-0.2, 0) is 0 Å². The third-order valence-electron chi connectivity index (χ3n) is 2.98. The van der Waals surface area contributed by atoms with Gasteiger partial charge in [0.2, 0.25) is 0 Å². The summed E-state index contributed by atoms with van der Waals surface area (Å²) in [5.74, 6) is 0. The molecule has 1 atom stereocenters. The topological polar surface area (TPSA) is 15.3 Å². The average Bonchev–Trinajstić information content (AvgIpc) is 2.31. The number of nitrogens with zero attached hydrogens (tertiary/aromatic N) is 1. The molecule has 0 bridgehead atoms. The Morgan fingerprint density at radius 1 is 1.47 bits per heavy atom. The molecule has 1 unspecified atom stereocenters. The lowest BCUT2D eigenvalue weighted by Crippen LogP contribution is -2.46. The molecule has 1 fully saturated rings. The lowest BCUT2D eigenvalue weighted by molar-refractivity contribution is 0.180. The summed E-state index contributed by atoms with van der Waals surface area (Å²) in [6.45, 7) is 7.76. The molecule has 0 aliphatic carbocycles. The molecule has 1 saturated heterocycles. The van der Waals surface area contributed by atoms with Crippen LogP contribution < -0.4 is 5.32 Å². The fraction of sp³-hybridized carbons (Fsp3) is 0.385. The summed E-state index contributed by atoms with van der Waals surface area (Å²) in [5.41, 5.74) is 1.21. The normalized spacial score (nSPS) is 20.6. The number of halogens is 2. The van der Waals surface area contributed by atoms with Crippen molar-refractivity contribution in [2.24, 2.45) is 0 Å². The minimum absolute atomic E-state index is 0. The maximum Gasteiger partial charge on any atom is 0.0491 e. The van der Waals surface area contributed by atoms with E-state index in [4.69, 9.17) is 11.6 Å². The molecule has 94 valence electrons. The third kappa shape index (κ3) is 3.46. The Hall–Kier alpha value is -0.540. The van der Waals surface area contributed by atoms with Crippen molar-refractivity contribution in [1.82, 2.24) is 10.2 Å². The highest BCUT2D eigenvalue weighted by Gasteiger charge is 2.23. The smallest absolute Gasteiger partial charge is 0.0491 e. The predicted octanol–water partition coefficient (Wildman–Crippen LogP) is 2.89. The van der Waals surface area contributed by atoms with Gasteiger partial charge < -0.3 is 5.32 Å². The van der Waals surface area contributed by atoms with E-state index in [0.717, 1.165) is 31.2 Å². The van der Waals surface area contributed by atoms with Crippen LogP contribution in [0.2, 0.25) is 5.02 Å². The first-order valence-electron chi connectivity index (χ1n) is 5.63. The molecule has 0 aromatic heterocycles. The van der Waals surface area contributed by atoms with Crippen LogP contribution in [0.1, 0.15) is 11.6 Å². The zero-order valence-corrected chi connectivity index (χ0v) is 11.3. The average molecular weight is 273 g/mol. The molecule has 4 heteroatoms. The Morgan fingerprint density at radius 3 is 2.94 bits per heavy atom. The molecule has 1 aromatic carbocycles. The molecule has 1 heterocycles. The first-order valence-corrected chi connectivity index (χ1v) is 6.01. The lowest BCUT2D eigenvalue weighted by atomic mass is 10.0. The van der Waals surface area contributed by atoms with Gasteiger partial charge in [0.25, 0.3) is 0 Å². The Kier molecular flexibility index (Phi) is 6.00. The molecule has 0 radical (unpaired) electrons. The molecule has 0 amide bonds. The fourth-order valence-electron chi connectivity index (χ4n) is 2.18. The van der Waals surface area contributed by atoms with Crippen molar-refractivity contribution >= 4 is 24.0 Å². The summed E-state index contributed by atoms with van der Waals surface area (Å²) in [7, 11) is 0. The molecule has 0 spiro atoms. The van der Waals surface area contributed by atoms with Gasteiger partial charge in [0.15, 0.2) is 0 Å². The van der Waals surface area contributed by atoms with Crippen LogP contribution in [0.5, 0.6) is 0 Å². The predicted molar refractivity (Wildman–Crippen MR) is 76.1 cm³/mol. The Labute approximate surface area is 114 Å². The molecular formula is C13H18Cl2N2. The van der Waals surface area contributed by atoms with Crippen molar-refractivity contribution in [3.63, 3.8) is 0 Å². The Bertz CT molecular complexity index is 368. The molecule has 0 saturated carbocycles. The minimum atomic E-state index is 0. The second kappa shape index (κ2) is 7.02. The van der Waals surface area contributed by atoms with Gasteiger partial charge in [-0.25, -0.2) is 0 Å². The maximum absolute atomic E-state index is 6.24. The summed E-state index contributed by atoms with van der Waals surface area (Å²) in [6, 6.07) is 8.44. The van der Waals surface area contributed by atoms with Crippen molar-refractivity contribution in [3.05, 3.63) is 47.5 Å². The van der Waals surface area contributed by atoms with Crippen LogP contribution in [0.4, 0.5) is 0 Å². The van der Waals surface area contributed by atoms with Gasteiger partial charge in [-0.1, -0.05) is 35.9 Å². The van der Waals surface area contributed by atoms with Gasteiger partial charge in [-0.2, -0.15) is 0 Å². The number of nitrogens with one attached hydrogen (secondary N) is 1. The van der Waals surface area contributed by atoms with Gasteiger partial charge in [-0.3, -0.25) is 4.90 Å². The summed E-state index contributed by atoms with van der Waals surface area (Å²) in [5, 5.41) is 4.27. The van der Waals surface area contributed by atoms with Crippen molar-refractivity contribution in [2.45, 2.75) is 6.04 Å². The molecule has 1 aliphatic heterocycles. The molecule has 2 nitrogen and oxygen atoms in total. The van der Waals surface area contributed by atoms with Crippen molar-refractivity contribution in [3.8, 4) is 0 Å². The van der Waals surface area contributed by atoms with Gasteiger partial charge in [0.1, 0.15) is 0 Å². The van der Waals surface area contributed by atoms with Crippen LogP contribution in [0.3, 0.4) is 0 Å². The molecule has 17 heavy (non-hydrogen) atoms. The highest BCUT2D eigenvalue weighted by Crippen LogP contribution is 2.28. The summed E-state index contributed by atoms with van der Waals surface area (Å²) in [4.78, 5) is 2.41. The van der Waals surface area contributed by atoms with E-state index in [0.29, 0.717) is 6.04 Å². The highest BCUT2D eigenvalue weighted by molar-refractivity contribution is 6.31. The summed E-state index contributed by atoms with van der Waals surface area (Å²) >= 11 is 6.24. The summed E-state index contributed by atoms with van der Waals surface area (Å²) < 4.78 is 0. The lowest BCUT2D eigenvalue weighted by Gasteiger charge is -2.36. The number of hydrogen-bond donors (Lipinski definition) is 1. The number of rotatable bonds is 3. The number of hydrogen-bond acceptors (Lipinski definition) is 2. The summed E-state index contributed by atoms with van der Waals surface area (Å²) in [6.07, 6.45) is 1.95. The van der Waals surface area contributed by atoms with E-state index in [1.165, 1.54) is 5.56 Å². The van der Waals surface area contributed by atoms with Crippen LogP contribution in [0.15, 0.2) is 36.9 Å². The van der Waals surface area contributed by atoms with E-state index in [9.17, 15) is 0 Å². The van der Waals surface area contributed by atoms with E-state index in [1.807, 2.05) is 24.3 Å². The zero-order valence-electron chi connectivity index (χ0n) is 9.73. The van der Waals surface area contributed by atoms with E-state index in [1.54, 1.807) is 0 Å². The standard InChI is InChI=1S/C13H17ClN2.ClH/c1-2-8-16-9-7-15-10-13(16)11-5-3-4-6-12(11)14;/h2-6,13,15H,1,7-10H2;1H. The Balaban J connectivity index is 0.00000144. The minimum Gasteiger partial charge on any atom is -0.314 e. The largest absolute Gasteiger partial charge is 0.314 e. The van der Waals surface area contributed by atoms with Gasteiger partial charge in [-0.15, -0.1) is 19.0 Å². The van der Waals surface area contributed by atoms with Crippen LogP contribution in [-0.4, -0.2) is 31.1 Å². The third-order valence-corrected chi connectivity index (χ3v) is 3.33. The molecule has 1 aliphatic rings. The second-order valence-corrected chi connectivity index (χ2v) is 4.43. The van der Waals surface area contributed by atoms with Gasteiger partial charge in [0.05, 0.1) is 0 Å². The number of piperazine rings is 1. The Morgan fingerprint density at radius 2 is 2.24 bits per heavy atom. The molecular weight excluding hydrogens is 255 g/mol. The van der Waals surface area contributed by atoms with E-state index < -0.39 is 0 Å². The molecule has 2 rings (SSSR count). The first kappa shape index (κ1) is 14.5. The number of benzene rings is 1. The zero-order chi connectivity index (χ0) is 11.4.